The van der Waals surface area contributed by atoms with E-state index in [0.717, 1.165) is 0 Å². The van der Waals surface area contributed by atoms with Crippen LogP contribution < -0.4 is 10.1 Å². The molecule has 0 radical (unpaired) electrons. The number of halogens is 7. The molecule has 1 amide bonds. The van der Waals surface area contributed by atoms with Gasteiger partial charge in [-0.25, -0.2) is 0 Å². The normalized spacial score (nSPS) is 12.0. The Morgan fingerprint density at radius 3 is 2.00 bits per heavy atom. The molecule has 0 saturated heterocycles. The fourth-order valence-corrected chi connectivity index (χ4v) is 2.12. The number of para-hydroxylation sites is 1. The predicted octanol–water partition coefficient (Wildman–Crippen LogP) is 5.40. The molecule has 140 valence electrons. The molecule has 0 bridgehead atoms. The highest BCUT2D eigenvalue weighted by Crippen LogP contribution is 2.37. The number of amides is 1. The van der Waals surface area contributed by atoms with Crippen LogP contribution in [0.2, 0.25) is 5.02 Å². The van der Waals surface area contributed by atoms with E-state index in [0.29, 0.717) is 12.1 Å². The molecule has 0 saturated carbocycles. The van der Waals surface area contributed by atoms with Crippen LogP contribution in [0.15, 0.2) is 42.5 Å². The second-order valence-electron chi connectivity index (χ2n) is 5.06. The largest absolute Gasteiger partial charge is 0.482 e. The highest BCUT2D eigenvalue weighted by atomic mass is 35.5. The van der Waals surface area contributed by atoms with Crippen molar-refractivity contribution in [1.29, 1.82) is 0 Å². The van der Waals surface area contributed by atoms with Crippen molar-refractivity contribution in [2.24, 2.45) is 0 Å². The molecule has 0 aliphatic carbocycles. The summed E-state index contributed by atoms with van der Waals surface area (Å²) in [5.74, 6) is -0.804. The van der Waals surface area contributed by atoms with Gasteiger partial charge in [0, 0.05) is 5.69 Å². The molecule has 1 N–H and O–H groups in total. The zero-order chi connectivity index (χ0) is 19.5. The molecule has 0 heterocycles. The Bertz CT molecular complexity index is 772. The van der Waals surface area contributed by atoms with Crippen LogP contribution >= 0.6 is 11.6 Å². The number of ether oxygens (including phenoxy) is 1. The van der Waals surface area contributed by atoms with Gasteiger partial charge >= 0.3 is 12.4 Å². The molecular weight excluding hydrogens is 388 g/mol. The quantitative estimate of drug-likeness (QED) is 0.702. The molecule has 10 heteroatoms. The minimum absolute atomic E-state index is 0.0318. The minimum atomic E-state index is -5.01. The Morgan fingerprint density at radius 2 is 1.50 bits per heavy atom. The van der Waals surface area contributed by atoms with E-state index in [1.807, 2.05) is 5.32 Å². The van der Waals surface area contributed by atoms with Crippen LogP contribution in [-0.4, -0.2) is 12.5 Å². The van der Waals surface area contributed by atoms with Gasteiger partial charge < -0.3 is 10.1 Å². The SMILES string of the molecule is O=C(COc1ccccc1Cl)Nc1cc(C(F)(F)F)cc(C(F)(F)F)c1. The van der Waals surface area contributed by atoms with Crippen molar-refractivity contribution in [3.63, 3.8) is 0 Å². The highest BCUT2D eigenvalue weighted by Gasteiger charge is 2.37. The van der Waals surface area contributed by atoms with E-state index in [9.17, 15) is 31.1 Å². The Labute approximate surface area is 148 Å². The number of anilines is 1. The van der Waals surface area contributed by atoms with Gasteiger partial charge in [0.25, 0.3) is 5.91 Å². The van der Waals surface area contributed by atoms with Crippen molar-refractivity contribution in [2.75, 3.05) is 11.9 Å². The van der Waals surface area contributed by atoms with Crippen LogP contribution in [0.5, 0.6) is 5.75 Å². The summed E-state index contributed by atoms with van der Waals surface area (Å²) in [5, 5.41) is 2.14. The average molecular weight is 398 g/mol. The van der Waals surface area contributed by atoms with Crippen molar-refractivity contribution < 1.29 is 35.9 Å². The number of carbonyl (C=O) groups excluding carboxylic acids is 1. The first-order valence-electron chi connectivity index (χ1n) is 6.93. The first kappa shape index (κ1) is 19.9. The fraction of sp³-hybridized carbons (Fsp3) is 0.188. The highest BCUT2D eigenvalue weighted by molar-refractivity contribution is 6.32. The van der Waals surface area contributed by atoms with Crippen molar-refractivity contribution >= 4 is 23.2 Å². The molecule has 0 fully saturated rings. The minimum Gasteiger partial charge on any atom is -0.482 e. The summed E-state index contributed by atoms with van der Waals surface area (Å²) in [4.78, 5) is 11.8. The molecule has 0 aliphatic rings. The number of carbonyl (C=O) groups is 1. The number of rotatable bonds is 4. The average Bonchev–Trinajstić information content (AvgIpc) is 2.52. The molecule has 0 aliphatic heterocycles. The van der Waals surface area contributed by atoms with E-state index < -0.39 is 41.7 Å². The van der Waals surface area contributed by atoms with Crippen LogP contribution in [0.1, 0.15) is 11.1 Å². The maximum absolute atomic E-state index is 12.8. The van der Waals surface area contributed by atoms with Crippen LogP contribution in [0.4, 0.5) is 32.0 Å². The number of alkyl halides is 6. The summed E-state index contributed by atoms with van der Waals surface area (Å²) < 4.78 is 81.7. The lowest BCUT2D eigenvalue weighted by Crippen LogP contribution is -2.21. The smallest absolute Gasteiger partial charge is 0.416 e. The van der Waals surface area contributed by atoms with E-state index in [1.54, 1.807) is 12.1 Å². The summed E-state index contributed by atoms with van der Waals surface area (Å²) in [6, 6.07) is 6.89. The van der Waals surface area contributed by atoms with E-state index in [-0.39, 0.29) is 16.8 Å². The summed E-state index contributed by atoms with van der Waals surface area (Å²) in [5.41, 5.74) is -3.72. The van der Waals surface area contributed by atoms with Crippen molar-refractivity contribution in [1.82, 2.24) is 0 Å². The van der Waals surface area contributed by atoms with Gasteiger partial charge in [0.2, 0.25) is 0 Å². The summed E-state index contributed by atoms with van der Waals surface area (Å²) in [6.07, 6.45) is -10.0. The summed E-state index contributed by atoms with van der Waals surface area (Å²) in [7, 11) is 0. The van der Waals surface area contributed by atoms with Crippen molar-refractivity contribution in [3.8, 4) is 5.75 Å². The van der Waals surface area contributed by atoms with E-state index in [4.69, 9.17) is 16.3 Å². The van der Waals surface area contributed by atoms with E-state index in [1.165, 1.54) is 12.1 Å². The van der Waals surface area contributed by atoms with Gasteiger partial charge in [0.1, 0.15) is 5.75 Å². The maximum Gasteiger partial charge on any atom is 0.416 e. The topological polar surface area (TPSA) is 38.3 Å². The standard InChI is InChI=1S/C16H10ClF6NO2/c17-12-3-1-2-4-13(12)26-8-14(25)24-11-6-9(15(18,19)20)5-10(7-11)16(21,22)23/h1-7H,8H2,(H,24,25). The van der Waals surface area contributed by atoms with Gasteiger partial charge in [-0.05, 0) is 30.3 Å². The lowest BCUT2D eigenvalue weighted by Gasteiger charge is -2.15. The van der Waals surface area contributed by atoms with Crippen LogP contribution in [0.3, 0.4) is 0 Å². The molecule has 2 rings (SSSR count). The first-order chi connectivity index (χ1) is 12.0. The Kier molecular flexibility index (Phi) is 5.70. The second-order valence-corrected chi connectivity index (χ2v) is 5.47. The monoisotopic (exact) mass is 397 g/mol. The van der Waals surface area contributed by atoms with Crippen LogP contribution in [-0.2, 0) is 17.1 Å². The third-order valence-electron chi connectivity index (χ3n) is 3.07. The Morgan fingerprint density at radius 1 is 0.962 bits per heavy atom. The van der Waals surface area contributed by atoms with E-state index in [2.05, 4.69) is 0 Å². The van der Waals surface area contributed by atoms with Gasteiger partial charge in [0.05, 0.1) is 16.1 Å². The first-order valence-corrected chi connectivity index (χ1v) is 7.31. The second kappa shape index (κ2) is 7.45. The lowest BCUT2D eigenvalue weighted by atomic mass is 10.1. The number of benzene rings is 2. The summed E-state index contributed by atoms with van der Waals surface area (Å²) in [6.45, 7) is -0.651. The zero-order valence-corrected chi connectivity index (χ0v) is 13.5. The van der Waals surface area contributed by atoms with Gasteiger partial charge in [-0.15, -0.1) is 0 Å². The lowest BCUT2D eigenvalue weighted by molar-refractivity contribution is -0.143. The molecule has 26 heavy (non-hydrogen) atoms. The number of hydrogen-bond acceptors (Lipinski definition) is 2. The molecule has 2 aromatic rings. The third kappa shape index (κ3) is 5.29. The number of nitrogens with one attached hydrogen (secondary N) is 1. The zero-order valence-electron chi connectivity index (χ0n) is 12.7. The predicted molar refractivity (Wildman–Crippen MR) is 82.0 cm³/mol. The third-order valence-corrected chi connectivity index (χ3v) is 3.38. The molecule has 0 aromatic heterocycles. The van der Waals surface area contributed by atoms with Crippen LogP contribution in [0.25, 0.3) is 0 Å². The molecular formula is C16H10ClF6NO2. The Balaban J connectivity index is 2.17. The van der Waals surface area contributed by atoms with Gasteiger partial charge in [-0.3, -0.25) is 4.79 Å². The molecule has 0 unspecified atom stereocenters. The fourth-order valence-electron chi connectivity index (χ4n) is 1.93. The van der Waals surface area contributed by atoms with Gasteiger partial charge in [0.15, 0.2) is 6.61 Å². The Hall–Kier alpha value is -2.42. The van der Waals surface area contributed by atoms with Crippen LogP contribution in [0, 0.1) is 0 Å². The van der Waals surface area contributed by atoms with Crippen molar-refractivity contribution in [2.45, 2.75) is 12.4 Å². The van der Waals surface area contributed by atoms with Gasteiger partial charge in [-0.1, -0.05) is 23.7 Å². The van der Waals surface area contributed by atoms with Crippen molar-refractivity contribution in [3.05, 3.63) is 58.6 Å². The van der Waals surface area contributed by atoms with E-state index >= 15 is 0 Å². The number of hydrogen-bond donors (Lipinski definition) is 1. The molecule has 3 nitrogen and oxygen atoms in total. The maximum atomic E-state index is 12.8. The van der Waals surface area contributed by atoms with Gasteiger partial charge in [-0.2, -0.15) is 26.3 Å². The molecule has 0 spiro atoms. The molecule has 2 aromatic carbocycles. The summed E-state index contributed by atoms with van der Waals surface area (Å²) >= 11 is 5.80. The molecule has 0 atom stereocenters.